The van der Waals surface area contributed by atoms with Gasteiger partial charge in [-0.05, 0) is 49.2 Å². The quantitative estimate of drug-likeness (QED) is 0.579. The fourth-order valence-corrected chi connectivity index (χ4v) is 2.42. The zero-order chi connectivity index (χ0) is 11.8. The molecular formula is C16H15N. The Morgan fingerprint density at radius 3 is 2.41 bits per heavy atom. The monoisotopic (exact) mass is 221 g/mol. The largest absolute Gasteiger partial charge is 0.317 e. The van der Waals surface area contributed by atoms with Gasteiger partial charge in [0.05, 0.1) is 5.52 Å². The van der Waals surface area contributed by atoms with E-state index >= 15 is 0 Å². The molecular weight excluding hydrogens is 206 g/mol. The lowest BCUT2D eigenvalue weighted by Gasteiger charge is -2.07. The molecule has 0 aliphatic carbocycles. The molecule has 0 bridgehead atoms. The Bertz CT molecular complexity index is 663. The van der Waals surface area contributed by atoms with Crippen LogP contribution in [0.2, 0.25) is 0 Å². The van der Waals surface area contributed by atoms with Gasteiger partial charge in [0, 0.05) is 17.3 Å². The van der Waals surface area contributed by atoms with Crippen molar-refractivity contribution in [2.75, 3.05) is 0 Å². The first-order valence-electron chi connectivity index (χ1n) is 5.89. The highest BCUT2D eigenvalue weighted by atomic mass is 15.0. The smallest absolute Gasteiger partial charge is 0.0533 e. The number of nitrogens with zero attached hydrogens (tertiary/aromatic N) is 1. The minimum Gasteiger partial charge on any atom is -0.317 e. The van der Waals surface area contributed by atoms with Gasteiger partial charge in [-0.15, -0.1) is 0 Å². The Labute approximate surface area is 101 Å². The van der Waals surface area contributed by atoms with Crippen molar-refractivity contribution in [3.63, 3.8) is 0 Å². The lowest BCUT2D eigenvalue weighted by Crippen LogP contribution is -1.91. The first kappa shape index (κ1) is 10.2. The SMILES string of the molecule is Cc1cc(C)c2ccn(-c3ccccc3)c2c1. The summed E-state index contributed by atoms with van der Waals surface area (Å²) in [7, 11) is 0. The summed E-state index contributed by atoms with van der Waals surface area (Å²) in [4.78, 5) is 0. The van der Waals surface area contributed by atoms with Crippen molar-refractivity contribution in [1.29, 1.82) is 0 Å². The van der Waals surface area contributed by atoms with E-state index in [9.17, 15) is 0 Å². The molecule has 1 nitrogen and oxygen atoms in total. The summed E-state index contributed by atoms with van der Waals surface area (Å²) in [6.07, 6.45) is 2.15. The minimum absolute atomic E-state index is 1.22. The van der Waals surface area contributed by atoms with Gasteiger partial charge in [0.25, 0.3) is 0 Å². The molecule has 0 amide bonds. The first-order valence-corrected chi connectivity index (χ1v) is 5.89. The van der Waals surface area contributed by atoms with Crippen LogP contribution in [0.3, 0.4) is 0 Å². The molecule has 1 heteroatoms. The number of rotatable bonds is 1. The van der Waals surface area contributed by atoms with Gasteiger partial charge in [0.2, 0.25) is 0 Å². The number of hydrogen-bond acceptors (Lipinski definition) is 0. The van der Waals surface area contributed by atoms with Crippen LogP contribution in [0.1, 0.15) is 11.1 Å². The molecule has 2 aromatic carbocycles. The lowest BCUT2D eigenvalue weighted by atomic mass is 10.1. The van der Waals surface area contributed by atoms with Gasteiger partial charge in [-0.3, -0.25) is 0 Å². The summed E-state index contributed by atoms with van der Waals surface area (Å²) in [6, 6.07) is 17.1. The van der Waals surface area contributed by atoms with Crippen molar-refractivity contribution < 1.29 is 0 Å². The van der Waals surface area contributed by atoms with Crippen LogP contribution in [-0.4, -0.2) is 4.57 Å². The van der Waals surface area contributed by atoms with E-state index in [1.165, 1.54) is 27.7 Å². The number of hydrogen-bond donors (Lipinski definition) is 0. The van der Waals surface area contributed by atoms with Crippen LogP contribution in [0.5, 0.6) is 0 Å². The van der Waals surface area contributed by atoms with Gasteiger partial charge >= 0.3 is 0 Å². The molecule has 0 aliphatic rings. The maximum atomic E-state index is 2.25. The van der Waals surface area contributed by atoms with Crippen molar-refractivity contribution in [2.24, 2.45) is 0 Å². The Balaban J connectivity index is 2.32. The highest BCUT2D eigenvalue weighted by Crippen LogP contribution is 2.24. The minimum atomic E-state index is 1.22. The van der Waals surface area contributed by atoms with Gasteiger partial charge in [-0.2, -0.15) is 0 Å². The van der Waals surface area contributed by atoms with Crippen LogP contribution in [0.25, 0.3) is 16.6 Å². The maximum Gasteiger partial charge on any atom is 0.0533 e. The van der Waals surface area contributed by atoms with E-state index < -0.39 is 0 Å². The molecule has 0 aliphatic heterocycles. The normalized spacial score (nSPS) is 10.9. The van der Waals surface area contributed by atoms with Gasteiger partial charge in [0.1, 0.15) is 0 Å². The highest BCUT2D eigenvalue weighted by Gasteiger charge is 2.05. The van der Waals surface area contributed by atoms with Crippen molar-refractivity contribution in [3.8, 4) is 5.69 Å². The molecule has 0 radical (unpaired) electrons. The van der Waals surface area contributed by atoms with Gasteiger partial charge in [0.15, 0.2) is 0 Å². The molecule has 0 N–H and O–H groups in total. The molecule has 0 saturated heterocycles. The summed E-state index contributed by atoms with van der Waals surface area (Å²) >= 11 is 0. The molecule has 0 saturated carbocycles. The zero-order valence-corrected chi connectivity index (χ0v) is 10.1. The fraction of sp³-hybridized carbons (Fsp3) is 0.125. The molecule has 1 heterocycles. The zero-order valence-electron chi connectivity index (χ0n) is 10.1. The summed E-state index contributed by atoms with van der Waals surface area (Å²) in [6.45, 7) is 4.32. The summed E-state index contributed by atoms with van der Waals surface area (Å²) in [5.41, 5.74) is 5.15. The average Bonchev–Trinajstić information content (AvgIpc) is 2.74. The number of fused-ring (bicyclic) bond motifs is 1. The van der Waals surface area contributed by atoms with Crippen molar-refractivity contribution in [2.45, 2.75) is 13.8 Å². The summed E-state index contributed by atoms with van der Waals surface area (Å²) in [5, 5.41) is 1.33. The number of para-hydroxylation sites is 1. The number of aromatic nitrogens is 1. The second kappa shape index (κ2) is 3.77. The Morgan fingerprint density at radius 1 is 0.882 bits per heavy atom. The van der Waals surface area contributed by atoms with E-state index in [1.54, 1.807) is 0 Å². The van der Waals surface area contributed by atoms with E-state index in [1.807, 2.05) is 6.07 Å². The molecule has 1 aromatic heterocycles. The van der Waals surface area contributed by atoms with E-state index in [-0.39, 0.29) is 0 Å². The number of benzene rings is 2. The van der Waals surface area contributed by atoms with Crippen LogP contribution in [0.15, 0.2) is 54.7 Å². The molecule has 84 valence electrons. The van der Waals surface area contributed by atoms with Gasteiger partial charge in [-0.25, -0.2) is 0 Å². The molecule has 0 fully saturated rings. The summed E-state index contributed by atoms with van der Waals surface area (Å²) < 4.78 is 2.25. The Kier molecular flexibility index (Phi) is 2.25. The fourth-order valence-electron chi connectivity index (χ4n) is 2.42. The van der Waals surface area contributed by atoms with Crippen LogP contribution < -0.4 is 0 Å². The second-order valence-corrected chi connectivity index (χ2v) is 4.54. The maximum absolute atomic E-state index is 2.25. The molecule has 3 aromatic rings. The highest BCUT2D eigenvalue weighted by molar-refractivity contribution is 5.85. The Hall–Kier alpha value is -2.02. The lowest BCUT2D eigenvalue weighted by molar-refractivity contribution is 1.13. The topological polar surface area (TPSA) is 4.93 Å². The third-order valence-corrected chi connectivity index (χ3v) is 3.19. The van der Waals surface area contributed by atoms with Crippen LogP contribution >= 0.6 is 0 Å². The third kappa shape index (κ3) is 1.64. The van der Waals surface area contributed by atoms with Crippen LogP contribution in [0, 0.1) is 13.8 Å². The van der Waals surface area contributed by atoms with Gasteiger partial charge < -0.3 is 4.57 Å². The van der Waals surface area contributed by atoms with E-state index in [4.69, 9.17) is 0 Å². The second-order valence-electron chi connectivity index (χ2n) is 4.54. The van der Waals surface area contributed by atoms with E-state index in [0.717, 1.165) is 0 Å². The standard InChI is InChI=1S/C16H15N/c1-12-10-13(2)15-8-9-17(16(15)11-12)14-6-4-3-5-7-14/h3-11H,1-2H3. The van der Waals surface area contributed by atoms with E-state index in [2.05, 4.69) is 67.1 Å². The predicted octanol–water partition coefficient (Wildman–Crippen LogP) is 4.25. The van der Waals surface area contributed by atoms with E-state index in [0.29, 0.717) is 0 Å². The van der Waals surface area contributed by atoms with Crippen LogP contribution in [0.4, 0.5) is 0 Å². The van der Waals surface area contributed by atoms with Crippen LogP contribution in [-0.2, 0) is 0 Å². The first-order chi connectivity index (χ1) is 8.25. The Morgan fingerprint density at radius 2 is 1.65 bits per heavy atom. The molecule has 0 spiro atoms. The van der Waals surface area contributed by atoms with Crippen molar-refractivity contribution >= 4 is 10.9 Å². The molecule has 0 unspecified atom stereocenters. The molecule has 17 heavy (non-hydrogen) atoms. The summed E-state index contributed by atoms with van der Waals surface area (Å²) in [5.74, 6) is 0. The predicted molar refractivity (Wildman–Crippen MR) is 72.7 cm³/mol. The van der Waals surface area contributed by atoms with Crippen molar-refractivity contribution in [3.05, 3.63) is 65.9 Å². The third-order valence-electron chi connectivity index (χ3n) is 3.19. The number of aryl methyl sites for hydroxylation is 2. The van der Waals surface area contributed by atoms with Crippen molar-refractivity contribution in [1.82, 2.24) is 4.57 Å². The molecule has 0 atom stereocenters. The average molecular weight is 221 g/mol. The van der Waals surface area contributed by atoms with Gasteiger partial charge in [-0.1, -0.05) is 24.3 Å². The molecule has 3 rings (SSSR count).